The maximum Gasteiger partial charge on any atom is 0.123 e. The highest BCUT2D eigenvalue weighted by molar-refractivity contribution is 8.28. The molecule has 0 heterocycles. The quantitative estimate of drug-likeness (QED) is 0.679. The predicted molar refractivity (Wildman–Crippen MR) is 114 cm³/mol. The first-order valence-corrected chi connectivity index (χ1v) is 10.7. The maximum absolute atomic E-state index is 13.6. The lowest BCUT2D eigenvalue weighted by atomic mass is 9.97. The second-order valence-electron chi connectivity index (χ2n) is 6.89. The van der Waals surface area contributed by atoms with Gasteiger partial charge in [0.15, 0.2) is 0 Å². The molecule has 25 heavy (non-hydrogen) atoms. The van der Waals surface area contributed by atoms with Gasteiger partial charge in [0, 0.05) is 5.69 Å². The summed E-state index contributed by atoms with van der Waals surface area (Å²) < 4.78 is 17.0. The predicted octanol–water partition coefficient (Wildman–Crippen LogP) is 5.88. The van der Waals surface area contributed by atoms with Crippen molar-refractivity contribution in [2.75, 3.05) is 11.0 Å². The summed E-state index contributed by atoms with van der Waals surface area (Å²) in [5, 5.41) is 0. The molecule has 1 aliphatic carbocycles. The zero-order valence-corrected chi connectivity index (χ0v) is 15.6. The van der Waals surface area contributed by atoms with Crippen LogP contribution in [0.2, 0.25) is 0 Å². The first-order chi connectivity index (χ1) is 11.8. The third kappa shape index (κ3) is 4.64. The molecule has 0 saturated heterocycles. The number of rotatable bonds is 3. The van der Waals surface area contributed by atoms with Crippen molar-refractivity contribution in [3.63, 3.8) is 0 Å². The van der Waals surface area contributed by atoms with Crippen molar-refractivity contribution in [1.29, 1.82) is 0 Å². The molecule has 0 fully saturated rings. The molecule has 0 aliphatic heterocycles. The standard InChI is InChI=1S/C22H24FNS/c1-16-8-9-18-15-20(23)10-11-22(18)19(12-16)13-17-6-5-7-21(14-17)24-25(2,3)4/h5-7,10-15,24H,2-3,8-9H2,1,4H3/b19-13+. The zero-order valence-electron chi connectivity index (χ0n) is 14.8. The summed E-state index contributed by atoms with van der Waals surface area (Å²) in [7, 11) is -1.32. The molecule has 0 aromatic heterocycles. The van der Waals surface area contributed by atoms with Crippen molar-refractivity contribution >= 4 is 38.5 Å². The number of aryl methyl sites for hydroxylation is 1. The van der Waals surface area contributed by atoms with Crippen LogP contribution in [0.4, 0.5) is 10.1 Å². The van der Waals surface area contributed by atoms with E-state index < -0.39 is 9.39 Å². The Kier molecular flexibility index (Phi) is 4.87. The third-order valence-electron chi connectivity index (χ3n) is 4.14. The minimum Gasteiger partial charge on any atom is -0.342 e. The Labute approximate surface area is 150 Å². The van der Waals surface area contributed by atoms with Crippen LogP contribution in [-0.4, -0.2) is 18.0 Å². The number of benzene rings is 2. The first kappa shape index (κ1) is 17.6. The fraction of sp³-hybridized carbons (Fsp3) is 0.182. The van der Waals surface area contributed by atoms with Gasteiger partial charge in [-0.25, -0.2) is 4.39 Å². The molecular weight excluding hydrogens is 329 g/mol. The summed E-state index contributed by atoms with van der Waals surface area (Å²) in [6.45, 7) is 2.13. The minimum absolute atomic E-state index is 0.169. The van der Waals surface area contributed by atoms with E-state index in [0.717, 1.165) is 40.8 Å². The summed E-state index contributed by atoms with van der Waals surface area (Å²) in [4.78, 5) is 0. The molecule has 0 bridgehead atoms. The van der Waals surface area contributed by atoms with Gasteiger partial charge in [-0.1, -0.05) is 41.6 Å². The van der Waals surface area contributed by atoms with Crippen molar-refractivity contribution in [3.8, 4) is 0 Å². The highest BCUT2D eigenvalue weighted by atomic mass is 32.2. The lowest BCUT2D eigenvalue weighted by Gasteiger charge is -2.13. The van der Waals surface area contributed by atoms with Gasteiger partial charge >= 0.3 is 0 Å². The Morgan fingerprint density at radius 3 is 2.68 bits per heavy atom. The number of anilines is 1. The molecular formula is C22H24FNS. The maximum atomic E-state index is 13.6. The van der Waals surface area contributed by atoms with Crippen LogP contribution in [0.25, 0.3) is 11.6 Å². The smallest absolute Gasteiger partial charge is 0.123 e. The average Bonchev–Trinajstić information content (AvgIpc) is 2.65. The van der Waals surface area contributed by atoms with Crippen LogP contribution in [-0.2, 0) is 6.42 Å². The van der Waals surface area contributed by atoms with Crippen molar-refractivity contribution in [1.82, 2.24) is 0 Å². The molecule has 2 aromatic rings. The van der Waals surface area contributed by atoms with Crippen molar-refractivity contribution in [2.45, 2.75) is 19.8 Å². The Morgan fingerprint density at radius 1 is 1.12 bits per heavy atom. The second-order valence-corrected chi connectivity index (χ2v) is 9.65. The first-order valence-electron chi connectivity index (χ1n) is 8.30. The van der Waals surface area contributed by atoms with Gasteiger partial charge in [-0.2, -0.15) is 0 Å². The molecule has 1 nitrogen and oxygen atoms in total. The molecule has 0 atom stereocenters. The average molecular weight is 354 g/mol. The SMILES string of the molecule is C=S(=C)(C)Nc1cccc(/C=C2\C=C(C)CCc3cc(F)ccc32)c1. The van der Waals surface area contributed by atoms with Gasteiger partial charge in [0.05, 0.1) is 0 Å². The molecule has 0 amide bonds. The van der Waals surface area contributed by atoms with Gasteiger partial charge in [-0.05, 0) is 78.6 Å². The molecule has 2 aromatic carbocycles. The molecule has 3 heteroatoms. The van der Waals surface area contributed by atoms with E-state index in [1.54, 1.807) is 12.1 Å². The number of hydrogen-bond donors (Lipinski definition) is 1. The van der Waals surface area contributed by atoms with Gasteiger partial charge in [-0.15, -0.1) is 9.39 Å². The fourth-order valence-electron chi connectivity index (χ4n) is 3.07. The largest absolute Gasteiger partial charge is 0.342 e. The fourth-order valence-corrected chi connectivity index (χ4v) is 3.77. The highest BCUT2D eigenvalue weighted by Crippen LogP contribution is 2.31. The number of nitrogens with one attached hydrogen (secondary N) is 1. The Hall–Kier alpha value is -2.26. The number of allylic oxidation sites excluding steroid dienone is 3. The van der Waals surface area contributed by atoms with E-state index in [2.05, 4.69) is 47.7 Å². The van der Waals surface area contributed by atoms with Gasteiger partial charge in [-0.3, -0.25) is 0 Å². The number of fused-ring (bicyclic) bond motifs is 1. The molecule has 0 radical (unpaired) electrons. The lowest BCUT2D eigenvalue weighted by Crippen LogP contribution is -1.93. The molecule has 0 saturated carbocycles. The minimum atomic E-state index is -1.32. The Bertz CT molecular complexity index is 965. The topological polar surface area (TPSA) is 12.0 Å². The molecule has 0 spiro atoms. The van der Waals surface area contributed by atoms with Gasteiger partial charge in [0.25, 0.3) is 0 Å². The molecule has 0 unspecified atom stereocenters. The zero-order chi connectivity index (χ0) is 18.0. The van der Waals surface area contributed by atoms with Crippen LogP contribution < -0.4 is 4.72 Å². The van der Waals surface area contributed by atoms with Crippen molar-refractivity contribution < 1.29 is 4.39 Å². The Balaban J connectivity index is 2.05. The van der Waals surface area contributed by atoms with E-state index in [-0.39, 0.29) is 5.82 Å². The van der Waals surface area contributed by atoms with Crippen molar-refractivity contribution in [2.24, 2.45) is 0 Å². The number of halogens is 1. The summed E-state index contributed by atoms with van der Waals surface area (Å²) in [6.07, 6.45) is 8.22. The monoisotopic (exact) mass is 353 g/mol. The van der Waals surface area contributed by atoms with E-state index in [1.165, 1.54) is 5.57 Å². The van der Waals surface area contributed by atoms with Crippen LogP contribution in [0.15, 0.2) is 54.1 Å². The van der Waals surface area contributed by atoms with Gasteiger partial charge in [0.2, 0.25) is 0 Å². The summed E-state index contributed by atoms with van der Waals surface area (Å²) in [6, 6.07) is 13.3. The van der Waals surface area contributed by atoms with Gasteiger partial charge < -0.3 is 4.72 Å². The third-order valence-corrected chi connectivity index (χ3v) is 4.87. The summed E-state index contributed by atoms with van der Waals surface area (Å²) >= 11 is 0. The molecule has 130 valence electrons. The normalized spacial score (nSPS) is 16.1. The summed E-state index contributed by atoms with van der Waals surface area (Å²) in [5.41, 5.74) is 6.74. The lowest BCUT2D eigenvalue weighted by molar-refractivity contribution is 0.625. The second kappa shape index (κ2) is 6.93. The Morgan fingerprint density at radius 2 is 1.92 bits per heavy atom. The summed E-state index contributed by atoms with van der Waals surface area (Å²) in [5.74, 6) is 7.97. The van der Waals surface area contributed by atoms with Crippen LogP contribution in [0.1, 0.15) is 30.0 Å². The highest BCUT2D eigenvalue weighted by Gasteiger charge is 2.12. The van der Waals surface area contributed by atoms with E-state index in [9.17, 15) is 4.39 Å². The van der Waals surface area contributed by atoms with E-state index in [1.807, 2.05) is 24.5 Å². The van der Waals surface area contributed by atoms with E-state index in [4.69, 9.17) is 0 Å². The van der Waals surface area contributed by atoms with Crippen LogP contribution in [0.3, 0.4) is 0 Å². The van der Waals surface area contributed by atoms with Crippen LogP contribution >= 0.6 is 9.39 Å². The van der Waals surface area contributed by atoms with Crippen molar-refractivity contribution in [3.05, 3.63) is 76.6 Å². The molecule has 3 rings (SSSR count). The van der Waals surface area contributed by atoms with E-state index >= 15 is 0 Å². The number of hydrogen-bond acceptors (Lipinski definition) is 1. The molecule has 1 aliphatic rings. The van der Waals surface area contributed by atoms with Crippen LogP contribution in [0.5, 0.6) is 0 Å². The van der Waals surface area contributed by atoms with E-state index in [0.29, 0.717) is 0 Å². The van der Waals surface area contributed by atoms with Crippen LogP contribution in [0, 0.1) is 5.82 Å². The van der Waals surface area contributed by atoms with Gasteiger partial charge in [0.1, 0.15) is 5.82 Å². The molecule has 1 N–H and O–H groups in total.